The lowest BCUT2D eigenvalue weighted by Crippen LogP contribution is -1.72. The third-order valence-corrected chi connectivity index (χ3v) is 1.04. The van der Waals surface area contributed by atoms with Gasteiger partial charge in [0.15, 0.2) is 0 Å². The van der Waals surface area contributed by atoms with Crippen LogP contribution in [0.15, 0.2) is 36.5 Å². The molecule has 62 valence electrons. The van der Waals surface area contributed by atoms with Crippen LogP contribution in [0.4, 0.5) is 4.70 Å². The summed E-state index contributed by atoms with van der Waals surface area (Å²) in [4.78, 5) is 0. The molecule has 0 amide bonds. The fraction of sp³-hybridized carbons (Fsp3) is 0.333. The van der Waals surface area contributed by atoms with Crippen LogP contribution in [0, 0.1) is 0 Å². The minimum atomic E-state index is 0. The van der Waals surface area contributed by atoms with Crippen molar-refractivity contribution in [1.82, 2.24) is 0 Å². The molecule has 0 unspecified atom stereocenters. The van der Waals surface area contributed by atoms with E-state index < -0.39 is 0 Å². The molecule has 0 bridgehead atoms. The summed E-state index contributed by atoms with van der Waals surface area (Å²) in [6.07, 6.45) is 3.71. The second-order valence-corrected chi connectivity index (χ2v) is 1.87. The predicted molar refractivity (Wildman–Crippen MR) is 50.1 cm³/mol. The predicted octanol–water partition coefficient (Wildman–Crippen LogP) is 3.73. The molecule has 0 aliphatic carbocycles. The summed E-state index contributed by atoms with van der Waals surface area (Å²) in [6, 6.07) is 0. The normalized spacial score (nSPS) is 8.80. The Morgan fingerprint density at radius 2 is 1.80 bits per heavy atom. The minimum absolute atomic E-state index is 0. The molecule has 0 aromatic heterocycles. The third kappa shape index (κ3) is 7.15. The molecule has 0 heterocycles. The van der Waals surface area contributed by atoms with Crippen LogP contribution in [-0.4, -0.2) is 0 Å². The summed E-state index contributed by atoms with van der Waals surface area (Å²) in [5.41, 5.74) is 2.30. The van der Waals surface area contributed by atoms with E-state index in [1.165, 1.54) is 5.57 Å². The molecule has 0 atom stereocenters. The van der Waals surface area contributed by atoms with Gasteiger partial charge >= 0.3 is 0 Å². The zero-order valence-corrected chi connectivity index (χ0v) is 5.98. The Balaban J connectivity index is -0.0000000817. The average molecular weight is 146 g/mol. The lowest BCUT2D eigenvalue weighted by atomic mass is 10.1. The zero-order valence-electron chi connectivity index (χ0n) is 5.98. The maximum Gasteiger partial charge on any atom is 0 e. The van der Waals surface area contributed by atoms with E-state index in [0.717, 1.165) is 5.57 Å². The Labute approximate surface area is 64.8 Å². The minimum Gasteiger partial charge on any atom is -0.269 e. The SMILES string of the molecule is C.C=C/C=C(/C)C(=C)C.F.[HH]. The number of allylic oxidation sites excluding steroid dienone is 4. The monoisotopic (exact) mass is 146 g/mol. The number of hydrogen-bond donors (Lipinski definition) is 0. The van der Waals surface area contributed by atoms with Gasteiger partial charge in [0.1, 0.15) is 0 Å². The van der Waals surface area contributed by atoms with Gasteiger partial charge in [0.2, 0.25) is 0 Å². The van der Waals surface area contributed by atoms with Crippen molar-refractivity contribution in [3.63, 3.8) is 0 Å². The van der Waals surface area contributed by atoms with Gasteiger partial charge in [-0.15, -0.1) is 0 Å². The van der Waals surface area contributed by atoms with Crippen molar-refractivity contribution in [3.05, 3.63) is 36.5 Å². The molecule has 0 radical (unpaired) electrons. The molecular formula is C9H19F. The van der Waals surface area contributed by atoms with Gasteiger partial charge in [0.25, 0.3) is 0 Å². The van der Waals surface area contributed by atoms with Crippen LogP contribution >= 0.6 is 0 Å². The molecule has 0 aromatic rings. The van der Waals surface area contributed by atoms with Crippen LogP contribution in [0.25, 0.3) is 0 Å². The van der Waals surface area contributed by atoms with Gasteiger partial charge in [0, 0.05) is 1.43 Å². The lowest BCUT2D eigenvalue weighted by molar-refractivity contribution is 1.11. The molecule has 10 heavy (non-hydrogen) atoms. The summed E-state index contributed by atoms with van der Waals surface area (Å²) >= 11 is 0. The van der Waals surface area contributed by atoms with E-state index in [-0.39, 0.29) is 13.6 Å². The first-order chi connectivity index (χ1) is 3.68. The van der Waals surface area contributed by atoms with Crippen LogP contribution < -0.4 is 0 Å². The van der Waals surface area contributed by atoms with Gasteiger partial charge in [0.05, 0.1) is 0 Å². The molecule has 0 rings (SSSR count). The van der Waals surface area contributed by atoms with Crippen LogP contribution in [0.2, 0.25) is 0 Å². The average Bonchev–Trinajstić information content (AvgIpc) is 1.67. The van der Waals surface area contributed by atoms with E-state index >= 15 is 0 Å². The highest BCUT2D eigenvalue weighted by Gasteiger charge is 1.82. The fourth-order valence-corrected chi connectivity index (χ4v) is 0.319. The molecule has 0 saturated carbocycles. The van der Waals surface area contributed by atoms with Gasteiger partial charge in [-0.2, -0.15) is 0 Å². The van der Waals surface area contributed by atoms with E-state index in [1.807, 2.05) is 19.9 Å². The first-order valence-electron chi connectivity index (χ1n) is 2.63. The van der Waals surface area contributed by atoms with Crippen molar-refractivity contribution < 1.29 is 6.13 Å². The number of rotatable bonds is 2. The fourth-order valence-electron chi connectivity index (χ4n) is 0.319. The second-order valence-electron chi connectivity index (χ2n) is 1.87. The lowest BCUT2D eigenvalue weighted by Gasteiger charge is -1.92. The van der Waals surface area contributed by atoms with Gasteiger partial charge < -0.3 is 0 Å². The molecular weight excluding hydrogens is 127 g/mol. The first kappa shape index (κ1) is 16.1. The van der Waals surface area contributed by atoms with Crippen molar-refractivity contribution in [3.8, 4) is 0 Å². The standard InChI is InChI=1S/C8H12.CH4.FH.H2/c1-5-6-8(4)7(2)3;;;/h5-6H,1-2H2,3-4H3;1H4;2*1H/b8-6-;;;. The molecule has 0 spiro atoms. The summed E-state index contributed by atoms with van der Waals surface area (Å²) < 4.78 is 0. The van der Waals surface area contributed by atoms with Crippen LogP contribution in [0.1, 0.15) is 22.7 Å². The largest absolute Gasteiger partial charge is 0.269 e. The highest BCUT2D eigenvalue weighted by Crippen LogP contribution is 2.03. The van der Waals surface area contributed by atoms with Crippen LogP contribution in [-0.2, 0) is 0 Å². The van der Waals surface area contributed by atoms with Crippen molar-refractivity contribution in [1.29, 1.82) is 0 Å². The zero-order chi connectivity index (χ0) is 6.57. The summed E-state index contributed by atoms with van der Waals surface area (Å²) in [5, 5.41) is 0. The molecule has 0 N–H and O–H groups in total. The third-order valence-electron chi connectivity index (χ3n) is 1.04. The van der Waals surface area contributed by atoms with E-state index in [4.69, 9.17) is 0 Å². The van der Waals surface area contributed by atoms with Crippen molar-refractivity contribution in [2.24, 2.45) is 0 Å². The molecule has 0 aliphatic heterocycles. The first-order valence-corrected chi connectivity index (χ1v) is 2.63. The Hall–Kier alpha value is -0.850. The van der Waals surface area contributed by atoms with Crippen LogP contribution in [0.5, 0.6) is 0 Å². The summed E-state index contributed by atoms with van der Waals surface area (Å²) in [7, 11) is 0. The Morgan fingerprint density at radius 1 is 1.40 bits per heavy atom. The Bertz CT molecular complexity index is 136. The molecule has 0 aromatic carbocycles. The van der Waals surface area contributed by atoms with Crippen molar-refractivity contribution >= 4 is 0 Å². The van der Waals surface area contributed by atoms with E-state index in [0.29, 0.717) is 0 Å². The van der Waals surface area contributed by atoms with E-state index in [1.54, 1.807) is 6.08 Å². The molecule has 0 aliphatic rings. The molecule has 0 saturated heterocycles. The number of halogens is 1. The Kier molecular flexibility index (Phi) is 13.1. The van der Waals surface area contributed by atoms with Gasteiger partial charge in [-0.3, -0.25) is 4.70 Å². The van der Waals surface area contributed by atoms with Gasteiger partial charge in [-0.1, -0.05) is 38.3 Å². The summed E-state index contributed by atoms with van der Waals surface area (Å²) in [5.74, 6) is 0. The van der Waals surface area contributed by atoms with Crippen LogP contribution in [0.3, 0.4) is 0 Å². The highest BCUT2D eigenvalue weighted by atomic mass is 19.0. The quantitative estimate of drug-likeness (QED) is 0.521. The molecule has 0 fully saturated rings. The van der Waals surface area contributed by atoms with Gasteiger partial charge in [-0.25, -0.2) is 0 Å². The van der Waals surface area contributed by atoms with Gasteiger partial charge in [-0.05, 0) is 19.4 Å². The second kappa shape index (κ2) is 8.15. The maximum atomic E-state index is 3.76. The topological polar surface area (TPSA) is 0 Å². The Morgan fingerprint density at radius 3 is 1.90 bits per heavy atom. The molecule has 1 heteroatoms. The van der Waals surface area contributed by atoms with Crippen molar-refractivity contribution in [2.45, 2.75) is 21.3 Å². The smallest absolute Gasteiger partial charge is 0 e. The number of hydrogen-bond acceptors (Lipinski definition) is 0. The summed E-state index contributed by atoms with van der Waals surface area (Å²) in [6.45, 7) is 11.3. The van der Waals surface area contributed by atoms with E-state index in [9.17, 15) is 0 Å². The van der Waals surface area contributed by atoms with E-state index in [2.05, 4.69) is 13.2 Å². The molecule has 0 nitrogen and oxygen atoms in total. The highest BCUT2D eigenvalue weighted by molar-refractivity contribution is 5.26. The maximum absolute atomic E-state index is 3.76. The van der Waals surface area contributed by atoms with Crippen molar-refractivity contribution in [2.75, 3.05) is 0 Å².